The summed E-state index contributed by atoms with van der Waals surface area (Å²) in [5, 5.41) is 12.1. The molecule has 0 heterocycles. The van der Waals surface area contributed by atoms with Crippen LogP contribution in [0, 0.1) is 0 Å². The van der Waals surface area contributed by atoms with Crippen LogP contribution < -0.4 is 5.73 Å². The summed E-state index contributed by atoms with van der Waals surface area (Å²) < 4.78 is 0. The highest BCUT2D eigenvalue weighted by Gasteiger charge is 2.37. The molecule has 3 heteroatoms. The van der Waals surface area contributed by atoms with Crippen molar-refractivity contribution in [1.29, 1.82) is 0 Å². The van der Waals surface area contributed by atoms with Crippen LogP contribution in [0.2, 0.25) is 0 Å². The number of likely N-dealkylation sites (N-methyl/N-ethyl adjacent to an activating group) is 1. The molecule has 0 aliphatic heterocycles. The number of hydrogen-bond donors (Lipinski definition) is 2. The molecule has 0 atom stereocenters. The molecule has 0 fully saturated rings. The number of nitrogens with two attached hydrogens (primary N) is 1. The van der Waals surface area contributed by atoms with Gasteiger partial charge >= 0.3 is 0 Å². The van der Waals surface area contributed by atoms with E-state index in [-0.39, 0.29) is 5.54 Å². The van der Waals surface area contributed by atoms with E-state index in [1.807, 2.05) is 72.8 Å². The van der Waals surface area contributed by atoms with Crippen LogP contribution >= 0.6 is 0 Å². The Morgan fingerprint density at radius 3 is 1.37 bits per heavy atom. The van der Waals surface area contributed by atoms with Gasteiger partial charge in [0.2, 0.25) is 0 Å². The third-order valence-corrected chi connectivity index (χ3v) is 7.25. The summed E-state index contributed by atoms with van der Waals surface area (Å²) in [6, 6.07) is 41.1. The molecule has 3 N–H and O–H groups in total. The van der Waals surface area contributed by atoms with E-state index >= 15 is 0 Å². The lowest BCUT2D eigenvalue weighted by Crippen LogP contribution is -2.56. The first-order valence-corrected chi connectivity index (χ1v) is 12.4. The van der Waals surface area contributed by atoms with Gasteiger partial charge in [0.15, 0.2) is 0 Å². The Balaban J connectivity index is 1.65. The van der Waals surface area contributed by atoms with Crippen LogP contribution in [0.15, 0.2) is 121 Å². The minimum Gasteiger partial charge on any atom is -0.380 e. The number of benzene rings is 4. The fourth-order valence-electron chi connectivity index (χ4n) is 5.03. The van der Waals surface area contributed by atoms with E-state index < -0.39 is 5.60 Å². The molecule has 0 aliphatic carbocycles. The van der Waals surface area contributed by atoms with Crippen molar-refractivity contribution in [3.63, 3.8) is 0 Å². The van der Waals surface area contributed by atoms with Gasteiger partial charge in [0.25, 0.3) is 0 Å². The largest absolute Gasteiger partial charge is 0.380 e. The molecular weight excluding hydrogens is 428 g/mol. The molecule has 0 saturated heterocycles. The molecule has 35 heavy (non-hydrogen) atoms. The van der Waals surface area contributed by atoms with Crippen molar-refractivity contribution >= 4 is 0 Å². The number of nitrogens with zero attached hydrogens (tertiary/aromatic N) is 1. The summed E-state index contributed by atoms with van der Waals surface area (Å²) in [5.41, 5.74) is 9.54. The van der Waals surface area contributed by atoms with Crippen LogP contribution in [0.1, 0.15) is 28.7 Å². The standard InChI is InChI=1S/C32H36N2O/c1-34(23-22-32(35,29-18-10-4-11-19-29)30-20-12-5-13-21-30)31(26-33,24-27-14-6-2-7-15-27)25-28-16-8-3-9-17-28/h2-21,35H,22-26,33H2,1H3. The first kappa shape index (κ1) is 24.9. The molecule has 3 nitrogen and oxygen atoms in total. The first-order valence-electron chi connectivity index (χ1n) is 12.4. The molecule has 4 rings (SSSR count). The second-order valence-electron chi connectivity index (χ2n) is 9.52. The zero-order chi connectivity index (χ0) is 24.6. The fourth-order valence-corrected chi connectivity index (χ4v) is 5.03. The van der Waals surface area contributed by atoms with E-state index in [4.69, 9.17) is 5.73 Å². The topological polar surface area (TPSA) is 49.5 Å². The van der Waals surface area contributed by atoms with Crippen LogP contribution in [-0.4, -0.2) is 35.7 Å². The summed E-state index contributed by atoms with van der Waals surface area (Å²) in [5.74, 6) is 0. The predicted octanol–water partition coefficient (Wildman–Crippen LogP) is 5.43. The van der Waals surface area contributed by atoms with E-state index in [1.165, 1.54) is 11.1 Å². The zero-order valence-corrected chi connectivity index (χ0v) is 20.6. The lowest BCUT2D eigenvalue weighted by molar-refractivity contribution is 0.0391. The second-order valence-corrected chi connectivity index (χ2v) is 9.52. The predicted molar refractivity (Wildman–Crippen MR) is 145 cm³/mol. The maximum absolute atomic E-state index is 12.1. The van der Waals surface area contributed by atoms with Crippen molar-refractivity contribution in [3.8, 4) is 0 Å². The van der Waals surface area contributed by atoms with Crippen LogP contribution in [0.5, 0.6) is 0 Å². The van der Waals surface area contributed by atoms with Gasteiger partial charge in [0.1, 0.15) is 5.60 Å². The average molecular weight is 465 g/mol. The number of hydrogen-bond acceptors (Lipinski definition) is 3. The summed E-state index contributed by atoms with van der Waals surface area (Å²) in [7, 11) is 2.15. The molecule has 0 radical (unpaired) electrons. The van der Waals surface area contributed by atoms with E-state index in [0.29, 0.717) is 19.5 Å². The van der Waals surface area contributed by atoms with Gasteiger partial charge in [-0.05, 0) is 48.6 Å². The van der Waals surface area contributed by atoms with E-state index in [0.717, 1.165) is 24.0 Å². The average Bonchev–Trinajstić information content (AvgIpc) is 2.93. The minimum absolute atomic E-state index is 0.281. The molecule has 0 aromatic heterocycles. The third-order valence-electron chi connectivity index (χ3n) is 7.25. The van der Waals surface area contributed by atoms with Gasteiger partial charge < -0.3 is 10.8 Å². The highest BCUT2D eigenvalue weighted by molar-refractivity contribution is 5.36. The Bertz CT molecular complexity index is 1070. The fraction of sp³-hybridized carbons (Fsp3) is 0.250. The van der Waals surface area contributed by atoms with Crippen molar-refractivity contribution in [1.82, 2.24) is 4.90 Å². The molecular formula is C32H36N2O. The Morgan fingerprint density at radius 2 is 1.00 bits per heavy atom. The molecule has 0 bridgehead atoms. The van der Waals surface area contributed by atoms with Crippen molar-refractivity contribution in [2.24, 2.45) is 5.73 Å². The molecule has 0 amide bonds. The molecule has 0 saturated carbocycles. The number of rotatable bonds is 11. The quantitative estimate of drug-likeness (QED) is 0.311. The lowest BCUT2D eigenvalue weighted by atomic mass is 9.80. The minimum atomic E-state index is -1.09. The maximum Gasteiger partial charge on any atom is 0.116 e. The summed E-state index contributed by atoms with van der Waals surface area (Å²) in [4.78, 5) is 2.36. The van der Waals surface area contributed by atoms with Crippen LogP contribution in [0.3, 0.4) is 0 Å². The number of aliphatic hydroxyl groups is 1. The molecule has 4 aromatic rings. The van der Waals surface area contributed by atoms with Gasteiger partial charge in [-0.1, -0.05) is 121 Å². The summed E-state index contributed by atoms with van der Waals surface area (Å²) in [6.45, 7) is 1.21. The van der Waals surface area contributed by atoms with E-state index in [1.54, 1.807) is 0 Å². The second kappa shape index (κ2) is 11.5. The van der Waals surface area contributed by atoms with Crippen molar-refractivity contribution < 1.29 is 5.11 Å². The van der Waals surface area contributed by atoms with Gasteiger partial charge in [0, 0.05) is 18.6 Å². The zero-order valence-electron chi connectivity index (χ0n) is 20.6. The Kier molecular flexibility index (Phi) is 8.14. The van der Waals surface area contributed by atoms with Gasteiger partial charge in [-0.3, -0.25) is 4.90 Å². The smallest absolute Gasteiger partial charge is 0.116 e. The van der Waals surface area contributed by atoms with E-state index in [9.17, 15) is 5.11 Å². The molecule has 0 aliphatic rings. The van der Waals surface area contributed by atoms with Crippen LogP contribution in [0.4, 0.5) is 0 Å². The normalized spacial score (nSPS) is 12.1. The van der Waals surface area contributed by atoms with Crippen LogP contribution in [0.25, 0.3) is 0 Å². The monoisotopic (exact) mass is 464 g/mol. The molecule has 0 spiro atoms. The van der Waals surface area contributed by atoms with Gasteiger partial charge in [-0.25, -0.2) is 0 Å². The van der Waals surface area contributed by atoms with Crippen LogP contribution in [-0.2, 0) is 18.4 Å². The molecule has 180 valence electrons. The molecule has 4 aromatic carbocycles. The Labute approximate surface area is 209 Å². The van der Waals surface area contributed by atoms with Crippen molar-refractivity contribution in [2.75, 3.05) is 20.1 Å². The third kappa shape index (κ3) is 5.88. The lowest BCUT2D eigenvalue weighted by Gasteiger charge is -2.43. The first-order chi connectivity index (χ1) is 17.1. The highest BCUT2D eigenvalue weighted by atomic mass is 16.3. The van der Waals surface area contributed by atoms with Crippen molar-refractivity contribution in [2.45, 2.75) is 30.4 Å². The highest BCUT2D eigenvalue weighted by Crippen LogP contribution is 2.34. The Hall–Kier alpha value is -3.24. The SMILES string of the molecule is CN(CCC(O)(c1ccccc1)c1ccccc1)C(CN)(Cc1ccccc1)Cc1ccccc1. The van der Waals surface area contributed by atoms with Crippen molar-refractivity contribution in [3.05, 3.63) is 144 Å². The van der Waals surface area contributed by atoms with E-state index in [2.05, 4.69) is 60.5 Å². The maximum atomic E-state index is 12.1. The summed E-state index contributed by atoms with van der Waals surface area (Å²) >= 11 is 0. The van der Waals surface area contributed by atoms with Gasteiger partial charge in [-0.2, -0.15) is 0 Å². The Morgan fingerprint density at radius 1 is 0.629 bits per heavy atom. The molecule has 0 unspecified atom stereocenters. The summed E-state index contributed by atoms with van der Waals surface area (Å²) in [6.07, 6.45) is 2.23. The van der Waals surface area contributed by atoms with Gasteiger partial charge in [0.05, 0.1) is 0 Å². The van der Waals surface area contributed by atoms with Gasteiger partial charge in [-0.15, -0.1) is 0 Å².